The van der Waals surface area contributed by atoms with Crippen molar-refractivity contribution in [2.45, 2.75) is 36.8 Å². The number of fused-ring (bicyclic) bond motifs is 1. The SMILES string of the molecule is COc1cc(C2Oc3c(O)cc(C=CC(CO)COC4OC(CO)C(O)C(O)C4O)cc3C2=O)ccc1O. The Morgan fingerprint density at radius 3 is 2.47 bits per heavy atom. The number of methoxy groups -OCH3 is 1. The molecule has 0 amide bonds. The first-order valence-corrected chi connectivity index (χ1v) is 11.8. The average molecular weight is 535 g/mol. The number of ketones is 1. The van der Waals surface area contributed by atoms with E-state index in [1.807, 2.05) is 0 Å². The fraction of sp³-hybridized carbons (Fsp3) is 0.423. The third-order valence-electron chi connectivity index (χ3n) is 6.46. The summed E-state index contributed by atoms with van der Waals surface area (Å²) >= 11 is 0. The highest BCUT2D eigenvalue weighted by Gasteiger charge is 2.44. The summed E-state index contributed by atoms with van der Waals surface area (Å²) in [7, 11) is 1.38. The molecule has 1 saturated heterocycles. The highest BCUT2D eigenvalue weighted by molar-refractivity contribution is 6.06. The molecule has 12 nitrogen and oxygen atoms in total. The van der Waals surface area contributed by atoms with Crippen LogP contribution in [0.25, 0.3) is 6.08 Å². The molecule has 206 valence electrons. The Morgan fingerprint density at radius 1 is 1.03 bits per heavy atom. The number of Topliss-reactive ketones (excluding diaryl/α,β-unsaturated/α-hetero) is 1. The molecule has 2 aliphatic heterocycles. The number of carbonyl (C=O) groups excluding carboxylic acids is 1. The van der Waals surface area contributed by atoms with Gasteiger partial charge in [-0.15, -0.1) is 0 Å². The first kappa shape index (κ1) is 27.8. The zero-order chi connectivity index (χ0) is 27.6. The Bertz CT molecular complexity index is 1180. The van der Waals surface area contributed by atoms with Gasteiger partial charge in [0.15, 0.2) is 35.4 Å². The van der Waals surface area contributed by atoms with E-state index in [0.717, 1.165) is 0 Å². The molecule has 2 aliphatic rings. The zero-order valence-electron chi connectivity index (χ0n) is 20.4. The topological polar surface area (TPSA) is 196 Å². The van der Waals surface area contributed by atoms with Crippen molar-refractivity contribution in [3.8, 4) is 23.0 Å². The lowest BCUT2D eigenvalue weighted by Gasteiger charge is -2.39. The van der Waals surface area contributed by atoms with Gasteiger partial charge in [0.05, 0.1) is 32.5 Å². The third kappa shape index (κ3) is 5.47. The molecule has 7 unspecified atom stereocenters. The van der Waals surface area contributed by atoms with Crippen LogP contribution in [0.5, 0.6) is 23.0 Å². The van der Waals surface area contributed by atoms with Gasteiger partial charge in [-0.25, -0.2) is 0 Å². The van der Waals surface area contributed by atoms with Crippen molar-refractivity contribution < 1.29 is 59.5 Å². The molecule has 0 bridgehead atoms. The normalized spacial score (nSPS) is 27.8. The monoisotopic (exact) mass is 534 g/mol. The second-order valence-electron chi connectivity index (χ2n) is 9.04. The van der Waals surface area contributed by atoms with Crippen molar-refractivity contribution in [3.05, 3.63) is 53.1 Å². The maximum Gasteiger partial charge on any atom is 0.211 e. The van der Waals surface area contributed by atoms with Gasteiger partial charge in [0, 0.05) is 11.5 Å². The number of hydrogen-bond donors (Lipinski definition) is 7. The molecule has 12 heteroatoms. The van der Waals surface area contributed by atoms with E-state index in [-0.39, 0.29) is 41.8 Å². The molecule has 1 fully saturated rings. The van der Waals surface area contributed by atoms with E-state index in [1.165, 1.54) is 37.4 Å². The molecule has 0 aliphatic carbocycles. The summed E-state index contributed by atoms with van der Waals surface area (Å²) in [5, 5.41) is 69.2. The lowest BCUT2D eigenvalue weighted by atomic mass is 9.99. The molecule has 7 atom stereocenters. The van der Waals surface area contributed by atoms with E-state index in [0.29, 0.717) is 11.1 Å². The molecule has 2 heterocycles. The number of rotatable bonds is 9. The lowest BCUT2D eigenvalue weighted by Crippen LogP contribution is -2.59. The van der Waals surface area contributed by atoms with Crippen LogP contribution in [-0.2, 0) is 9.47 Å². The number of aliphatic hydroxyl groups excluding tert-OH is 5. The molecule has 2 aromatic rings. The predicted molar refractivity (Wildman–Crippen MR) is 130 cm³/mol. The van der Waals surface area contributed by atoms with Crippen LogP contribution in [0.4, 0.5) is 0 Å². The Balaban J connectivity index is 1.45. The average Bonchev–Trinajstić information content (AvgIpc) is 3.25. The van der Waals surface area contributed by atoms with Gasteiger partial charge in [-0.1, -0.05) is 18.2 Å². The zero-order valence-corrected chi connectivity index (χ0v) is 20.4. The Morgan fingerprint density at radius 2 is 1.79 bits per heavy atom. The summed E-state index contributed by atoms with van der Waals surface area (Å²) < 4.78 is 21.6. The van der Waals surface area contributed by atoms with Gasteiger partial charge in [-0.2, -0.15) is 0 Å². The predicted octanol–water partition coefficient (Wildman–Crippen LogP) is -0.139. The number of ether oxygens (including phenoxy) is 4. The van der Waals surface area contributed by atoms with Gasteiger partial charge in [0.2, 0.25) is 5.78 Å². The molecule has 0 saturated carbocycles. The Hall–Kier alpha value is -3.23. The number of phenols is 2. The number of phenolic OH excluding ortho intramolecular Hbond substituents is 2. The van der Waals surface area contributed by atoms with Crippen LogP contribution in [-0.4, -0.2) is 99.2 Å². The summed E-state index contributed by atoms with van der Waals surface area (Å²) in [5.74, 6) is -1.17. The molecule has 0 radical (unpaired) electrons. The van der Waals surface area contributed by atoms with Crippen LogP contribution < -0.4 is 9.47 Å². The van der Waals surface area contributed by atoms with Gasteiger partial charge < -0.3 is 54.7 Å². The lowest BCUT2D eigenvalue weighted by molar-refractivity contribution is -0.302. The van der Waals surface area contributed by atoms with E-state index in [9.17, 15) is 40.5 Å². The van der Waals surface area contributed by atoms with Crippen molar-refractivity contribution in [3.63, 3.8) is 0 Å². The van der Waals surface area contributed by atoms with Gasteiger partial charge in [0.25, 0.3) is 0 Å². The number of aromatic hydroxyl groups is 2. The van der Waals surface area contributed by atoms with E-state index in [2.05, 4.69) is 0 Å². The van der Waals surface area contributed by atoms with Crippen molar-refractivity contribution >= 4 is 11.9 Å². The summed E-state index contributed by atoms with van der Waals surface area (Å²) in [4.78, 5) is 13.1. The number of benzene rings is 2. The van der Waals surface area contributed by atoms with Crippen LogP contribution in [0.3, 0.4) is 0 Å². The number of hydrogen-bond acceptors (Lipinski definition) is 12. The highest BCUT2D eigenvalue weighted by atomic mass is 16.7. The van der Waals surface area contributed by atoms with E-state index < -0.39 is 55.1 Å². The fourth-order valence-corrected chi connectivity index (χ4v) is 4.27. The molecular weight excluding hydrogens is 504 g/mol. The summed E-state index contributed by atoms with van der Waals surface area (Å²) in [6.45, 7) is -1.11. The third-order valence-corrected chi connectivity index (χ3v) is 6.46. The first-order valence-electron chi connectivity index (χ1n) is 11.8. The van der Waals surface area contributed by atoms with E-state index in [4.69, 9.17) is 18.9 Å². The number of aliphatic hydroxyl groups is 5. The van der Waals surface area contributed by atoms with Gasteiger partial charge >= 0.3 is 0 Å². The largest absolute Gasteiger partial charge is 0.504 e. The van der Waals surface area contributed by atoms with Crippen molar-refractivity contribution in [1.82, 2.24) is 0 Å². The molecule has 7 N–H and O–H groups in total. The minimum absolute atomic E-state index is 0.0221. The Labute approximate surface area is 217 Å². The molecule has 4 rings (SSSR count). The van der Waals surface area contributed by atoms with Crippen molar-refractivity contribution in [2.75, 3.05) is 26.9 Å². The van der Waals surface area contributed by atoms with Crippen molar-refractivity contribution in [2.24, 2.45) is 5.92 Å². The highest BCUT2D eigenvalue weighted by Crippen LogP contribution is 2.44. The van der Waals surface area contributed by atoms with Crippen LogP contribution in [0, 0.1) is 5.92 Å². The summed E-state index contributed by atoms with van der Waals surface area (Å²) in [6, 6.07) is 7.28. The van der Waals surface area contributed by atoms with Crippen LogP contribution in [0.1, 0.15) is 27.6 Å². The van der Waals surface area contributed by atoms with Gasteiger partial charge in [0.1, 0.15) is 24.4 Å². The van der Waals surface area contributed by atoms with E-state index in [1.54, 1.807) is 12.2 Å². The first-order chi connectivity index (χ1) is 18.2. The quantitative estimate of drug-likeness (QED) is 0.225. The van der Waals surface area contributed by atoms with Crippen LogP contribution in [0.2, 0.25) is 0 Å². The minimum atomic E-state index is -1.59. The maximum absolute atomic E-state index is 13.1. The van der Waals surface area contributed by atoms with E-state index >= 15 is 0 Å². The summed E-state index contributed by atoms with van der Waals surface area (Å²) in [5.41, 5.74) is 1.02. The smallest absolute Gasteiger partial charge is 0.211 e. The molecule has 2 aromatic carbocycles. The second kappa shape index (κ2) is 11.7. The number of carbonyl (C=O) groups is 1. The Kier molecular flexibility index (Phi) is 8.53. The van der Waals surface area contributed by atoms with Gasteiger partial charge in [-0.3, -0.25) is 4.79 Å². The fourth-order valence-electron chi connectivity index (χ4n) is 4.27. The minimum Gasteiger partial charge on any atom is -0.504 e. The molecule has 38 heavy (non-hydrogen) atoms. The van der Waals surface area contributed by atoms with Crippen LogP contribution >= 0.6 is 0 Å². The standard InChI is InChI=1S/C26H30O12/c1-35-18-8-14(4-5-16(18)29)24-20(31)15-6-12(7-17(30)25(15)38-24)2-3-13(9-27)11-36-26-23(34)22(33)21(32)19(10-28)37-26/h2-8,13,19,21-24,26-30,32-34H,9-11H2,1H3. The molecular formula is C26H30O12. The second-order valence-corrected chi connectivity index (χ2v) is 9.04. The van der Waals surface area contributed by atoms with Crippen molar-refractivity contribution in [1.29, 1.82) is 0 Å². The van der Waals surface area contributed by atoms with Gasteiger partial charge in [-0.05, 0) is 29.8 Å². The van der Waals surface area contributed by atoms with Crippen LogP contribution in [0.15, 0.2) is 36.4 Å². The summed E-state index contributed by atoms with van der Waals surface area (Å²) in [6.07, 6.45) is -5.06. The molecule has 0 spiro atoms. The maximum atomic E-state index is 13.1. The molecule has 0 aromatic heterocycles.